The van der Waals surface area contributed by atoms with Crippen molar-refractivity contribution in [3.8, 4) is 0 Å². The zero-order chi connectivity index (χ0) is 15.4. The smallest absolute Gasteiger partial charge is 0.245 e. The number of nitrogens with zero attached hydrogens (tertiary/aromatic N) is 3. The van der Waals surface area contributed by atoms with Crippen molar-refractivity contribution in [2.75, 3.05) is 36.9 Å². The highest BCUT2D eigenvalue weighted by Gasteiger charge is 2.33. The number of ether oxygens (including phenoxy) is 1. The van der Waals surface area contributed by atoms with Gasteiger partial charge in [0.1, 0.15) is 6.04 Å². The SMILES string of the molecule is CCCNC(=O)C1COCCN1c1c(N)c(CC)nn1C. The average molecular weight is 295 g/mol. The molecule has 2 rings (SSSR count). The van der Waals surface area contributed by atoms with E-state index in [9.17, 15) is 4.79 Å². The first-order chi connectivity index (χ1) is 10.1. The minimum atomic E-state index is -0.354. The summed E-state index contributed by atoms with van der Waals surface area (Å²) in [5.41, 5.74) is 7.74. The molecule has 0 saturated carbocycles. The third-order valence-electron chi connectivity index (χ3n) is 3.72. The van der Waals surface area contributed by atoms with Crippen molar-refractivity contribution >= 4 is 17.4 Å². The number of carbonyl (C=O) groups excluding carboxylic acids is 1. The van der Waals surface area contributed by atoms with Gasteiger partial charge in [0.2, 0.25) is 5.91 Å². The number of hydrogen-bond donors (Lipinski definition) is 2. The highest BCUT2D eigenvalue weighted by Crippen LogP contribution is 2.29. The van der Waals surface area contributed by atoms with Crippen LogP contribution in [0.1, 0.15) is 26.0 Å². The van der Waals surface area contributed by atoms with Gasteiger partial charge in [-0.15, -0.1) is 0 Å². The first kappa shape index (κ1) is 15.6. The van der Waals surface area contributed by atoms with Crippen molar-refractivity contribution in [3.05, 3.63) is 5.69 Å². The van der Waals surface area contributed by atoms with Gasteiger partial charge in [-0.2, -0.15) is 5.10 Å². The van der Waals surface area contributed by atoms with Crippen molar-refractivity contribution in [3.63, 3.8) is 0 Å². The molecule has 0 radical (unpaired) electrons. The van der Waals surface area contributed by atoms with Crippen LogP contribution in [0.3, 0.4) is 0 Å². The van der Waals surface area contributed by atoms with Gasteiger partial charge >= 0.3 is 0 Å². The molecule has 1 aromatic rings. The van der Waals surface area contributed by atoms with Gasteiger partial charge in [-0.05, 0) is 12.8 Å². The van der Waals surface area contributed by atoms with Crippen molar-refractivity contribution in [1.82, 2.24) is 15.1 Å². The molecular formula is C14H25N5O2. The second-order valence-corrected chi connectivity index (χ2v) is 5.24. The van der Waals surface area contributed by atoms with E-state index in [1.54, 1.807) is 4.68 Å². The van der Waals surface area contributed by atoms with Crippen LogP contribution in [-0.4, -0.2) is 48.0 Å². The Morgan fingerprint density at radius 1 is 1.52 bits per heavy atom. The highest BCUT2D eigenvalue weighted by atomic mass is 16.5. The number of morpholine rings is 1. The van der Waals surface area contributed by atoms with Gasteiger partial charge in [0, 0.05) is 20.1 Å². The molecule has 21 heavy (non-hydrogen) atoms. The highest BCUT2D eigenvalue weighted by molar-refractivity contribution is 5.86. The molecule has 0 spiro atoms. The lowest BCUT2D eigenvalue weighted by Gasteiger charge is -2.36. The third-order valence-corrected chi connectivity index (χ3v) is 3.72. The number of nitrogens with one attached hydrogen (secondary N) is 1. The molecule has 118 valence electrons. The molecule has 0 bridgehead atoms. The molecule has 1 fully saturated rings. The topological polar surface area (TPSA) is 85.4 Å². The zero-order valence-electron chi connectivity index (χ0n) is 13.1. The van der Waals surface area contributed by atoms with Crippen LogP contribution >= 0.6 is 0 Å². The third kappa shape index (κ3) is 3.12. The van der Waals surface area contributed by atoms with Crippen LogP contribution in [0.4, 0.5) is 11.5 Å². The standard InChI is InChI=1S/C14H25N5O2/c1-4-6-16-13(20)11-9-21-8-7-19(11)14-12(15)10(5-2)17-18(14)3/h11H,4-9,15H2,1-3H3,(H,16,20). The maximum atomic E-state index is 12.3. The van der Waals surface area contributed by atoms with Crippen LogP contribution in [0.2, 0.25) is 0 Å². The second-order valence-electron chi connectivity index (χ2n) is 5.24. The Balaban J connectivity index is 2.26. The summed E-state index contributed by atoms with van der Waals surface area (Å²) >= 11 is 0. The van der Waals surface area contributed by atoms with E-state index in [1.807, 2.05) is 25.8 Å². The summed E-state index contributed by atoms with van der Waals surface area (Å²) in [6.07, 6.45) is 1.68. The Hall–Kier alpha value is -1.76. The van der Waals surface area contributed by atoms with E-state index in [4.69, 9.17) is 10.5 Å². The van der Waals surface area contributed by atoms with E-state index in [0.717, 1.165) is 24.4 Å². The summed E-state index contributed by atoms with van der Waals surface area (Å²) < 4.78 is 7.24. The molecule has 1 amide bonds. The lowest BCUT2D eigenvalue weighted by Crippen LogP contribution is -2.54. The maximum Gasteiger partial charge on any atom is 0.245 e. The van der Waals surface area contributed by atoms with Crippen molar-refractivity contribution in [1.29, 1.82) is 0 Å². The monoisotopic (exact) mass is 295 g/mol. The van der Waals surface area contributed by atoms with Crippen molar-refractivity contribution in [2.45, 2.75) is 32.7 Å². The summed E-state index contributed by atoms with van der Waals surface area (Å²) in [5, 5.41) is 7.37. The number of carbonyl (C=O) groups is 1. The Kier molecular flexibility index (Phi) is 5.06. The lowest BCUT2D eigenvalue weighted by molar-refractivity contribution is -0.124. The molecule has 7 heteroatoms. The van der Waals surface area contributed by atoms with Crippen LogP contribution in [-0.2, 0) is 23.0 Å². The van der Waals surface area contributed by atoms with Gasteiger partial charge in [0.05, 0.1) is 24.6 Å². The molecular weight excluding hydrogens is 270 g/mol. The summed E-state index contributed by atoms with van der Waals surface area (Å²) in [4.78, 5) is 14.3. The minimum absolute atomic E-state index is 0.0183. The van der Waals surface area contributed by atoms with Crippen LogP contribution in [0.15, 0.2) is 0 Å². The zero-order valence-corrected chi connectivity index (χ0v) is 13.1. The molecule has 1 unspecified atom stereocenters. The number of hydrogen-bond acceptors (Lipinski definition) is 5. The Labute approximate surface area is 125 Å². The Morgan fingerprint density at radius 2 is 2.29 bits per heavy atom. The number of nitrogen functional groups attached to an aromatic ring is 1. The maximum absolute atomic E-state index is 12.3. The molecule has 0 aromatic carbocycles. The molecule has 1 atom stereocenters. The number of amides is 1. The summed E-state index contributed by atoms with van der Waals surface area (Å²) in [6, 6.07) is -0.354. The Bertz CT molecular complexity index is 500. The van der Waals surface area contributed by atoms with Gasteiger partial charge < -0.3 is 20.7 Å². The number of aromatic nitrogens is 2. The minimum Gasteiger partial charge on any atom is -0.394 e. The van der Waals surface area contributed by atoms with E-state index in [1.165, 1.54) is 0 Å². The van der Waals surface area contributed by atoms with E-state index in [0.29, 0.717) is 32.0 Å². The van der Waals surface area contributed by atoms with Gasteiger partial charge in [0.15, 0.2) is 5.82 Å². The summed E-state index contributed by atoms with van der Waals surface area (Å²) in [6.45, 7) is 6.32. The molecule has 7 nitrogen and oxygen atoms in total. The molecule has 1 saturated heterocycles. The normalized spacial score (nSPS) is 18.8. The van der Waals surface area contributed by atoms with E-state index < -0.39 is 0 Å². The van der Waals surface area contributed by atoms with Crippen molar-refractivity contribution < 1.29 is 9.53 Å². The molecule has 3 N–H and O–H groups in total. The van der Waals surface area contributed by atoms with E-state index in [2.05, 4.69) is 10.4 Å². The molecule has 0 aliphatic carbocycles. The summed E-state index contributed by atoms with van der Waals surface area (Å²) in [7, 11) is 1.86. The fourth-order valence-corrected chi connectivity index (χ4v) is 2.63. The van der Waals surface area contributed by atoms with Crippen LogP contribution in [0.5, 0.6) is 0 Å². The molecule has 1 aliphatic rings. The number of nitrogens with two attached hydrogens (primary N) is 1. The lowest BCUT2D eigenvalue weighted by atomic mass is 10.2. The predicted octanol–water partition coefficient (Wildman–Crippen LogP) is 0.296. The molecule has 2 heterocycles. The van der Waals surface area contributed by atoms with Gasteiger partial charge in [-0.3, -0.25) is 9.48 Å². The van der Waals surface area contributed by atoms with Crippen LogP contribution < -0.4 is 16.0 Å². The quantitative estimate of drug-likeness (QED) is 0.816. The second kappa shape index (κ2) is 6.80. The molecule has 1 aliphatic heterocycles. The van der Waals surface area contributed by atoms with Gasteiger partial charge in [-0.25, -0.2) is 0 Å². The largest absolute Gasteiger partial charge is 0.394 e. The van der Waals surface area contributed by atoms with Crippen molar-refractivity contribution in [2.24, 2.45) is 7.05 Å². The van der Waals surface area contributed by atoms with Crippen LogP contribution in [0.25, 0.3) is 0 Å². The number of aryl methyl sites for hydroxylation is 2. The number of anilines is 2. The van der Waals surface area contributed by atoms with E-state index >= 15 is 0 Å². The Morgan fingerprint density at radius 3 is 2.90 bits per heavy atom. The average Bonchev–Trinajstić information content (AvgIpc) is 2.79. The first-order valence-electron chi connectivity index (χ1n) is 7.53. The fourth-order valence-electron chi connectivity index (χ4n) is 2.63. The van der Waals surface area contributed by atoms with E-state index in [-0.39, 0.29) is 11.9 Å². The van der Waals surface area contributed by atoms with Gasteiger partial charge in [-0.1, -0.05) is 13.8 Å². The summed E-state index contributed by atoms with van der Waals surface area (Å²) in [5.74, 6) is 0.794. The number of rotatable bonds is 5. The fraction of sp³-hybridized carbons (Fsp3) is 0.714. The first-order valence-corrected chi connectivity index (χ1v) is 7.53. The molecule has 1 aromatic heterocycles. The predicted molar refractivity (Wildman–Crippen MR) is 82.3 cm³/mol. The van der Waals surface area contributed by atoms with Gasteiger partial charge in [0.25, 0.3) is 0 Å². The van der Waals surface area contributed by atoms with Crippen LogP contribution in [0, 0.1) is 0 Å².